The SMILES string of the molecule is CCCc1ccc(C(=O)OCI)cc1. The highest BCUT2D eigenvalue weighted by Crippen LogP contribution is 2.08. The van der Waals surface area contributed by atoms with Crippen LogP contribution >= 0.6 is 22.6 Å². The number of hydrogen-bond acceptors (Lipinski definition) is 2. The van der Waals surface area contributed by atoms with E-state index in [2.05, 4.69) is 6.92 Å². The first-order valence-corrected chi connectivity index (χ1v) is 6.12. The van der Waals surface area contributed by atoms with E-state index >= 15 is 0 Å². The van der Waals surface area contributed by atoms with E-state index in [1.807, 2.05) is 46.9 Å². The summed E-state index contributed by atoms with van der Waals surface area (Å²) >= 11 is 2.01. The van der Waals surface area contributed by atoms with Gasteiger partial charge in [0.1, 0.15) is 4.61 Å². The first-order chi connectivity index (χ1) is 6.77. The Labute approximate surface area is 97.8 Å². The second-order valence-electron chi connectivity index (χ2n) is 2.99. The average Bonchev–Trinajstić information content (AvgIpc) is 2.20. The van der Waals surface area contributed by atoms with Crippen molar-refractivity contribution < 1.29 is 9.53 Å². The molecule has 0 atom stereocenters. The number of esters is 1. The predicted octanol–water partition coefficient (Wildman–Crippen LogP) is 3.19. The molecule has 0 radical (unpaired) electrons. The average molecular weight is 304 g/mol. The van der Waals surface area contributed by atoms with Crippen LogP contribution in [0.1, 0.15) is 29.3 Å². The summed E-state index contributed by atoms with van der Waals surface area (Å²) in [5.74, 6) is -0.248. The van der Waals surface area contributed by atoms with Gasteiger partial charge in [0.2, 0.25) is 0 Å². The fraction of sp³-hybridized carbons (Fsp3) is 0.364. The number of hydrogen-bond donors (Lipinski definition) is 0. The first kappa shape index (κ1) is 11.5. The van der Waals surface area contributed by atoms with Gasteiger partial charge in [0.05, 0.1) is 5.56 Å². The van der Waals surface area contributed by atoms with E-state index in [1.165, 1.54) is 5.56 Å². The third-order valence-electron chi connectivity index (χ3n) is 1.91. The van der Waals surface area contributed by atoms with Gasteiger partial charge in [-0.15, -0.1) is 0 Å². The molecule has 2 nitrogen and oxygen atoms in total. The standard InChI is InChI=1S/C11H13IO2/c1-2-3-9-4-6-10(7-5-9)11(13)14-8-12/h4-7H,2-3,8H2,1H3. The maximum atomic E-state index is 11.3. The van der Waals surface area contributed by atoms with Gasteiger partial charge in [-0.1, -0.05) is 25.5 Å². The Morgan fingerprint density at radius 1 is 1.36 bits per heavy atom. The summed E-state index contributed by atoms with van der Waals surface area (Å²) in [5.41, 5.74) is 1.89. The predicted molar refractivity (Wildman–Crippen MR) is 64.7 cm³/mol. The Morgan fingerprint density at radius 3 is 2.50 bits per heavy atom. The van der Waals surface area contributed by atoms with Gasteiger partial charge >= 0.3 is 5.97 Å². The quantitative estimate of drug-likeness (QED) is 0.485. The van der Waals surface area contributed by atoms with E-state index in [4.69, 9.17) is 4.74 Å². The molecule has 0 aliphatic rings. The number of benzene rings is 1. The van der Waals surface area contributed by atoms with Crippen LogP contribution in [0.25, 0.3) is 0 Å². The maximum absolute atomic E-state index is 11.3. The molecule has 0 unspecified atom stereocenters. The van der Waals surface area contributed by atoms with Crippen molar-refractivity contribution in [3.05, 3.63) is 35.4 Å². The molecule has 76 valence electrons. The van der Waals surface area contributed by atoms with E-state index in [0.717, 1.165) is 12.8 Å². The van der Waals surface area contributed by atoms with Crippen molar-refractivity contribution in [2.75, 3.05) is 4.61 Å². The van der Waals surface area contributed by atoms with E-state index in [0.29, 0.717) is 10.2 Å². The van der Waals surface area contributed by atoms with Gasteiger partial charge in [-0.3, -0.25) is 0 Å². The Balaban J connectivity index is 2.67. The highest BCUT2D eigenvalue weighted by atomic mass is 127. The lowest BCUT2D eigenvalue weighted by Crippen LogP contribution is -2.03. The molecule has 0 N–H and O–H groups in total. The highest BCUT2D eigenvalue weighted by molar-refractivity contribution is 14.1. The molecule has 0 saturated carbocycles. The third-order valence-corrected chi connectivity index (χ3v) is 2.23. The van der Waals surface area contributed by atoms with E-state index in [1.54, 1.807) is 0 Å². The Morgan fingerprint density at radius 2 is 2.00 bits per heavy atom. The first-order valence-electron chi connectivity index (χ1n) is 4.60. The fourth-order valence-corrected chi connectivity index (χ4v) is 1.51. The van der Waals surface area contributed by atoms with Gasteiger partial charge in [-0.25, -0.2) is 4.79 Å². The normalized spacial score (nSPS) is 9.86. The number of aryl methyl sites for hydroxylation is 1. The summed E-state index contributed by atoms with van der Waals surface area (Å²) in [7, 11) is 0. The topological polar surface area (TPSA) is 26.3 Å². The van der Waals surface area contributed by atoms with Gasteiger partial charge < -0.3 is 4.74 Å². The van der Waals surface area contributed by atoms with E-state index < -0.39 is 0 Å². The molecule has 1 aromatic carbocycles. The zero-order chi connectivity index (χ0) is 10.4. The lowest BCUT2D eigenvalue weighted by atomic mass is 10.1. The molecule has 0 bridgehead atoms. The maximum Gasteiger partial charge on any atom is 0.338 e. The second kappa shape index (κ2) is 6.01. The minimum Gasteiger partial charge on any atom is -0.451 e. The summed E-state index contributed by atoms with van der Waals surface area (Å²) in [4.78, 5) is 11.3. The lowest BCUT2D eigenvalue weighted by molar-refractivity contribution is 0.0590. The monoisotopic (exact) mass is 304 g/mol. The van der Waals surface area contributed by atoms with Crippen molar-refractivity contribution >= 4 is 28.6 Å². The lowest BCUT2D eigenvalue weighted by Gasteiger charge is -2.02. The van der Waals surface area contributed by atoms with Crippen molar-refractivity contribution in [2.24, 2.45) is 0 Å². The van der Waals surface area contributed by atoms with Gasteiger partial charge in [0.25, 0.3) is 0 Å². The van der Waals surface area contributed by atoms with Crippen LogP contribution in [0.15, 0.2) is 24.3 Å². The van der Waals surface area contributed by atoms with Gasteiger partial charge in [-0.2, -0.15) is 0 Å². The summed E-state index contributed by atoms with van der Waals surface area (Å²) in [6.45, 7) is 2.14. The number of halogens is 1. The summed E-state index contributed by atoms with van der Waals surface area (Å²) < 4.78 is 5.27. The molecule has 0 spiro atoms. The largest absolute Gasteiger partial charge is 0.451 e. The molecule has 1 aromatic rings. The van der Waals surface area contributed by atoms with Crippen LogP contribution in [-0.2, 0) is 11.2 Å². The number of ether oxygens (including phenoxy) is 1. The van der Waals surface area contributed by atoms with Gasteiger partial charge in [0.15, 0.2) is 0 Å². The number of rotatable bonds is 4. The number of carbonyl (C=O) groups excluding carboxylic acids is 1. The summed E-state index contributed by atoms with van der Waals surface area (Å²) in [6, 6.07) is 7.60. The smallest absolute Gasteiger partial charge is 0.338 e. The Kier molecular flexibility index (Phi) is 4.93. The molecule has 0 aliphatic heterocycles. The molecule has 0 fully saturated rings. The number of carbonyl (C=O) groups is 1. The Bertz CT molecular complexity index is 293. The Hall–Kier alpha value is -0.580. The molecule has 0 amide bonds. The van der Waals surface area contributed by atoms with Crippen LogP contribution < -0.4 is 0 Å². The van der Waals surface area contributed by atoms with Crippen LogP contribution in [0.4, 0.5) is 0 Å². The second-order valence-corrected chi connectivity index (χ2v) is 3.61. The summed E-state index contributed by atoms with van der Waals surface area (Å²) in [5, 5.41) is 0. The van der Waals surface area contributed by atoms with Gasteiger partial charge in [0, 0.05) is 0 Å². The van der Waals surface area contributed by atoms with Crippen molar-refractivity contribution in [3.8, 4) is 0 Å². The minimum absolute atomic E-state index is 0.248. The molecule has 0 saturated heterocycles. The van der Waals surface area contributed by atoms with E-state index in [9.17, 15) is 4.79 Å². The van der Waals surface area contributed by atoms with Crippen molar-refractivity contribution in [1.29, 1.82) is 0 Å². The van der Waals surface area contributed by atoms with Crippen molar-refractivity contribution in [1.82, 2.24) is 0 Å². The van der Waals surface area contributed by atoms with Crippen LogP contribution in [0.5, 0.6) is 0 Å². The fourth-order valence-electron chi connectivity index (χ4n) is 1.23. The van der Waals surface area contributed by atoms with Crippen molar-refractivity contribution in [3.63, 3.8) is 0 Å². The van der Waals surface area contributed by atoms with Crippen LogP contribution in [-0.4, -0.2) is 10.6 Å². The van der Waals surface area contributed by atoms with Crippen molar-refractivity contribution in [2.45, 2.75) is 19.8 Å². The van der Waals surface area contributed by atoms with Crippen LogP contribution in [0.3, 0.4) is 0 Å². The minimum atomic E-state index is -0.248. The molecule has 0 aromatic heterocycles. The molecule has 0 aliphatic carbocycles. The third kappa shape index (κ3) is 3.29. The van der Waals surface area contributed by atoms with Crippen LogP contribution in [0, 0.1) is 0 Å². The number of alkyl halides is 1. The summed E-state index contributed by atoms with van der Waals surface area (Å²) in [6.07, 6.45) is 2.18. The molecule has 0 heterocycles. The molecule has 1 rings (SSSR count). The van der Waals surface area contributed by atoms with E-state index in [-0.39, 0.29) is 5.97 Å². The molecule has 3 heteroatoms. The molecular weight excluding hydrogens is 291 g/mol. The molecule has 14 heavy (non-hydrogen) atoms. The zero-order valence-electron chi connectivity index (χ0n) is 8.13. The van der Waals surface area contributed by atoms with Crippen LogP contribution in [0.2, 0.25) is 0 Å². The zero-order valence-corrected chi connectivity index (χ0v) is 10.3. The van der Waals surface area contributed by atoms with Gasteiger partial charge in [-0.05, 0) is 46.7 Å². The highest BCUT2D eigenvalue weighted by Gasteiger charge is 2.04. The molecular formula is C11H13IO2.